The standard InChI is InChI=1S/C6H3N3O9S/c10-7(11)3-1-5(9(14)15)6(18-19(16)17)2-4(3)8(12)13/h1-2H,(H,16,17). The summed E-state index contributed by atoms with van der Waals surface area (Å²) in [5.74, 6) is -0.928. The summed E-state index contributed by atoms with van der Waals surface area (Å²) < 4.78 is 22.9. The summed E-state index contributed by atoms with van der Waals surface area (Å²) in [6, 6.07) is 0.616. The van der Waals surface area contributed by atoms with Gasteiger partial charge >= 0.3 is 28.4 Å². The van der Waals surface area contributed by atoms with Crippen molar-refractivity contribution in [3.05, 3.63) is 42.5 Å². The van der Waals surface area contributed by atoms with Gasteiger partial charge in [0.15, 0.2) is 0 Å². The van der Waals surface area contributed by atoms with Crippen LogP contribution < -0.4 is 4.18 Å². The van der Waals surface area contributed by atoms with Crippen molar-refractivity contribution < 1.29 is 27.7 Å². The molecule has 1 aromatic rings. The van der Waals surface area contributed by atoms with Crippen LogP contribution in [0.4, 0.5) is 17.1 Å². The molecule has 0 spiro atoms. The van der Waals surface area contributed by atoms with Gasteiger partial charge in [0.05, 0.1) is 20.8 Å². The molecule has 1 N–H and O–H groups in total. The molecule has 0 amide bonds. The maximum Gasteiger partial charge on any atom is 0.357 e. The second-order valence-corrected chi connectivity index (χ2v) is 3.48. The molecular formula is C6H3N3O9S. The molecule has 0 aliphatic heterocycles. The lowest BCUT2D eigenvalue weighted by molar-refractivity contribution is -0.424. The third kappa shape index (κ3) is 3.17. The van der Waals surface area contributed by atoms with Crippen LogP contribution in [0.2, 0.25) is 0 Å². The van der Waals surface area contributed by atoms with Gasteiger partial charge in [-0.1, -0.05) is 0 Å². The summed E-state index contributed by atoms with van der Waals surface area (Å²) in [5, 5.41) is 31.8. The molecule has 0 saturated heterocycles. The van der Waals surface area contributed by atoms with Crippen molar-refractivity contribution in [3.8, 4) is 5.75 Å². The minimum Gasteiger partial charge on any atom is -0.372 e. The highest BCUT2D eigenvalue weighted by Gasteiger charge is 2.32. The minimum atomic E-state index is -2.98. The van der Waals surface area contributed by atoms with Gasteiger partial charge in [-0.3, -0.25) is 34.9 Å². The molecule has 0 bridgehead atoms. The summed E-state index contributed by atoms with van der Waals surface area (Å²) >= 11 is -2.98. The van der Waals surface area contributed by atoms with Crippen molar-refractivity contribution in [1.29, 1.82) is 0 Å². The first kappa shape index (κ1) is 14.4. The summed E-state index contributed by atoms with van der Waals surface area (Å²) in [6.45, 7) is 0. The summed E-state index contributed by atoms with van der Waals surface area (Å²) in [5.41, 5.74) is -3.27. The van der Waals surface area contributed by atoms with Crippen LogP contribution in [0.3, 0.4) is 0 Å². The molecular weight excluding hydrogens is 290 g/mol. The predicted molar refractivity (Wildman–Crippen MR) is 57.8 cm³/mol. The first-order valence-electron chi connectivity index (χ1n) is 4.14. The minimum absolute atomic E-state index is 0.278. The van der Waals surface area contributed by atoms with Gasteiger partial charge in [0.25, 0.3) is 0 Å². The fourth-order valence-electron chi connectivity index (χ4n) is 1.13. The topological polar surface area (TPSA) is 176 Å². The van der Waals surface area contributed by atoms with E-state index in [0.29, 0.717) is 6.07 Å². The van der Waals surface area contributed by atoms with E-state index in [0.717, 1.165) is 0 Å². The SMILES string of the molecule is O=[N+]([O-])c1cc([N+](=O)[O-])c([N+](=O)[O-])cc1OS(=O)O. The van der Waals surface area contributed by atoms with Gasteiger partial charge in [-0.2, -0.15) is 4.21 Å². The maximum absolute atomic E-state index is 10.6. The Kier molecular flexibility index (Phi) is 4.03. The molecule has 1 unspecified atom stereocenters. The molecule has 0 aliphatic carbocycles. The van der Waals surface area contributed by atoms with Gasteiger partial charge in [0.2, 0.25) is 5.75 Å². The second kappa shape index (κ2) is 5.32. The zero-order valence-electron chi connectivity index (χ0n) is 8.62. The molecule has 12 nitrogen and oxygen atoms in total. The fourth-order valence-corrected chi connectivity index (χ4v) is 1.41. The number of nitro benzene ring substituents is 3. The van der Waals surface area contributed by atoms with Crippen LogP contribution in [0.15, 0.2) is 12.1 Å². The Morgan fingerprint density at radius 1 is 0.947 bits per heavy atom. The van der Waals surface area contributed by atoms with Crippen molar-refractivity contribution in [2.24, 2.45) is 0 Å². The van der Waals surface area contributed by atoms with E-state index in [1.54, 1.807) is 0 Å². The molecule has 1 aromatic carbocycles. The third-order valence-corrected chi connectivity index (χ3v) is 2.13. The molecule has 0 saturated carbocycles. The lowest BCUT2D eigenvalue weighted by Gasteiger charge is -2.02. The molecule has 19 heavy (non-hydrogen) atoms. The molecule has 1 rings (SSSR count). The number of hydrogen-bond acceptors (Lipinski definition) is 8. The predicted octanol–water partition coefficient (Wildman–Crippen LogP) is 0.927. The number of hydrogen-bond donors (Lipinski definition) is 1. The Morgan fingerprint density at radius 2 is 1.37 bits per heavy atom. The van der Waals surface area contributed by atoms with E-state index in [4.69, 9.17) is 4.55 Å². The monoisotopic (exact) mass is 293 g/mol. The van der Waals surface area contributed by atoms with Crippen LogP contribution >= 0.6 is 0 Å². The van der Waals surface area contributed by atoms with E-state index in [1.165, 1.54) is 0 Å². The summed E-state index contributed by atoms with van der Waals surface area (Å²) in [6.07, 6.45) is 0. The largest absolute Gasteiger partial charge is 0.372 e. The fraction of sp³-hybridized carbons (Fsp3) is 0. The van der Waals surface area contributed by atoms with Crippen LogP contribution in [0.1, 0.15) is 0 Å². The molecule has 0 radical (unpaired) electrons. The van der Waals surface area contributed by atoms with Crippen molar-refractivity contribution in [1.82, 2.24) is 0 Å². The van der Waals surface area contributed by atoms with E-state index >= 15 is 0 Å². The van der Waals surface area contributed by atoms with Gasteiger partial charge in [0.1, 0.15) is 6.07 Å². The lowest BCUT2D eigenvalue weighted by Crippen LogP contribution is -2.04. The average Bonchev–Trinajstić information content (AvgIpc) is 2.26. The number of nitrogens with zero attached hydrogens (tertiary/aromatic N) is 3. The second-order valence-electron chi connectivity index (χ2n) is 2.88. The van der Waals surface area contributed by atoms with Gasteiger partial charge in [0, 0.05) is 0 Å². The third-order valence-electron chi connectivity index (χ3n) is 1.81. The Labute approximate surface area is 105 Å². The van der Waals surface area contributed by atoms with Crippen LogP contribution in [0.5, 0.6) is 5.75 Å². The highest BCUT2D eigenvalue weighted by atomic mass is 32.2. The number of benzene rings is 1. The smallest absolute Gasteiger partial charge is 0.357 e. The van der Waals surface area contributed by atoms with Gasteiger partial charge in [-0.25, -0.2) is 0 Å². The highest BCUT2D eigenvalue weighted by Crippen LogP contribution is 2.38. The van der Waals surface area contributed by atoms with E-state index in [9.17, 15) is 34.6 Å². The molecule has 0 aliphatic rings. The normalized spacial score (nSPS) is 11.6. The van der Waals surface area contributed by atoms with E-state index in [2.05, 4.69) is 4.18 Å². The van der Waals surface area contributed by atoms with Crippen LogP contribution in [0, 0.1) is 30.3 Å². The lowest BCUT2D eigenvalue weighted by atomic mass is 10.2. The first-order valence-corrected chi connectivity index (χ1v) is 5.17. The Morgan fingerprint density at radius 3 is 1.74 bits per heavy atom. The first-order chi connectivity index (χ1) is 8.73. The molecule has 1 atom stereocenters. The Bertz CT molecular complexity index is 600. The van der Waals surface area contributed by atoms with Crippen molar-refractivity contribution in [3.63, 3.8) is 0 Å². The van der Waals surface area contributed by atoms with E-state index in [1.807, 2.05) is 0 Å². The van der Waals surface area contributed by atoms with Crippen molar-refractivity contribution in [2.45, 2.75) is 0 Å². The molecule has 0 fully saturated rings. The highest BCUT2D eigenvalue weighted by molar-refractivity contribution is 7.74. The Balaban J connectivity index is 3.59. The Hall–Kier alpha value is -2.67. The van der Waals surface area contributed by atoms with Crippen molar-refractivity contribution in [2.75, 3.05) is 0 Å². The van der Waals surface area contributed by atoms with Crippen LogP contribution in [-0.2, 0) is 11.4 Å². The van der Waals surface area contributed by atoms with Gasteiger partial charge in [-0.15, -0.1) is 0 Å². The molecule has 0 aromatic heterocycles. The van der Waals surface area contributed by atoms with Crippen LogP contribution in [-0.4, -0.2) is 23.5 Å². The molecule has 0 heterocycles. The van der Waals surface area contributed by atoms with E-state index in [-0.39, 0.29) is 6.07 Å². The van der Waals surface area contributed by atoms with Crippen molar-refractivity contribution >= 4 is 28.4 Å². The number of nitro groups is 3. The van der Waals surface area contributed by atoms with Gasteiger partial charge < -0.3 is 4.18 Å². The zero-order valence-corrected chi connectivity index (χ0v) is 9.43. The average molecular weight is 293 g/mol. The summed E-state index contributed by atoms with van der Waals surface area (Å²) in [4.78, 5) is 28.3. The quantitative estimate of drug-likeness (QED) is 0.469. The summed E-state index contributed by atoms with van der Waals surface area (Å²) in [7, 11) is 0. The molecule has 102 valence electrons. The molecule has 13 heteroatoms. The zero-order chi connectivity index (χ0) is 14.7. The maximum atomic E-state index is 10.6. The van der Waals surface area contributed by atoms with E-state index < -0.39 is 48.9 Å². The van der Waals surface area contributed by atoms with Gasteiger partial charge in [-0.05, 0) is 0 Å². The van der Waals surface area contributed by atoms with Crippen LogP contribution in [0.25, 0.3) is 0 Å². The number of rotatable bonds is 5.